The Bertz CT molecular complexity index is 472. The van der Waals surface area contributed by atoms with Crippen LogP contribution >= 0.6 is 0 Å². The van der Waals surface area contributed by atoms with E-state index in [0.29, 0.717) is 24.2 Å². The lowest BCUT2D eigenvalue weighted by atomic mass is 10.0. The predicted molar refractivity (Wildman–Crippen MR) is 78.9 cm³/mol. The lowest BCUT2D eigenvalue weighted by Gasteiger charge is -2.14. The molecule has 0 spiro atoms. The fourth-order valence-electron chi connectivity index (χ4n) is 1.66. The van der Waals surface area contributed by atoms with Crippen molar-refractivity contribution in [2.24, 2.45) is 5.92 Å². The van der Waals surface area contributed by atoms with Gasteiger partial charge in [-0.3, -0.25) is 4.79 Å². The minimum absolute atomic E-state index is 0.0471. The average molecular weight is 278 g/mol. The molecule has 1 rings (SSSR count). The second-order valence-corrected chi connectivity index (χ2v) is 5.12. The van der Waals surface area contributed by atoms with Crippen molar-refractivity contribution in [1.82, 2.24) is 5.32 Å². The highest BCUT2D eigenvalue weighted by Crippen LogP contribution is 2.11. The van der Waals surface area contributed by atoms with Gasteiger partial charge in [0.05, 0.1) is 6.10 Å². The second kappa shape index (κ2) is 7.65. The Morgan fingerprint density at radius 3 is 2.60 bits per heavy atom. The third kappa shape index (κ3) is 5.40. The minimum atomic E-state index is -0.420. The van der Waals surface area contributed by atoms with Crippen LogP contribution in [-0.2, 0) is 0 Å². The molecule has 1 atom stereocenters. The van der Waals surface area contributed by atoms with Gasteiger partial charge in [0.1, 0.15) is 0 Å². The van der Waals surface area contributed by atoms with Crippen LogP contribution in [0.4, 0.5) is 10.5 Å². The fraction of sp³-hybridized carbons (Fsp3) is 0.467. The van der Waals surface area contributed by atoms with Crippen LogP contribution in [0.3, 0.4) is 0 Å². The number of urea groups is 1. The van der Waals surface area contributed by atoms with Crippen molar-refractivity contribution >= 4 is 17.5 Å². The number of amides is 2. The van der Waals surface area contributed by atoms with E-state index in [-0.39, 0.29) is 17.7 Å². The first-order chi connectivity index (χ1) is 9.40. The number of aliphatic hydroxyl groups excluding tert-OH is 1. The van der Waals surface area contributed by atoms with Crippen molar-refractivity contribution in [3.63, 3.8) is 0 Å². The quantitative estimate of drug-likeness (QED) is 0.699. The van der Waals surface area contributed by atoms with Gasteiger partial charge in [-0.1, -0.05) is 26.0 Å². The zero-order chi connectivity index (χ0) is 15.1. The van der Waals surface area contributed by atoms with Crippen LogP contribution in [0.15, 0.2) is 24.3 Å². The smallest absolute Gasteiger partial charge is 0.319 e. The number of nitrogens with one attached hydrogen (secondary N) is 2. The predicted octanol–water partition coefficient (Wildman–Crippen LogP) is 2.42. The van der Waals surface area contributed by atoms with E-state index in [2.05, 4.69) is 10.6 Å². The average Bonchev–Trinajstić information content (AvgIpc) is 2.38. The van der Waals surface area contributed by atoms with Gasteiger partial charge in [0.15, 0.2) is 5.78 Å². The first kappa shape index (κ1) is 16.2. The topological polar surface area (TPSA) is 78.4 Å². The summed E-state index contributed by atoms with van der Waals surface area (Å²) in [5.74, 6) is 0.126. The summed E-state index contributed by atoms with van der Waals surface area (Å²) in [6, 6.07) is 6.42. The highest BCUT2D eigenvalue weighted by atomic mass is 16.3. The van der Waals surface area contributed by atoms with E-state index in [0.717, 1.165) is 0 Å². The van der Waals surface area contributed by atoms with Gasteiger partial charge in [-0.05, 0) is 31.4 Å². The maximum atomic E-state index is 11.7. The number of hydrogen-bond acceptors (Lipinski definition) is 3. The molecule has 20 heavy (non-hydrogen) atoms. The van der Waals surface area contributed by atoms with Gasteiger partial charge in [0.2, 0.25) is 0 Å². The zero-order valence-electron chi connectivity index (χ0n) is 12.1. The molecule has 0 aliphatic heterocycles. The lowest BCUT2D eigenvalue weighted by Crippen LogP contribution is -2.32. The zero-order valence-corrected chi connectivity index (χ0v) is 12.1. The molecule has 110 valence electrons. The van der Waals surface area contributed by atoms with Crippen molar-refractivity contribution in [2.75, 3.05) is 11.9 Å². The summed E-state index contributed by atoms with van der Waals surface area (Å²) in [7, 11) is 0. The molecule has 0 fully saturated rings. The van der Waals surface area contributed by atoms with Gasteiger partial charge < -0.3 is 15.7 Å². The van der Waals surface area contributed by atoms with Gasteiger partial charge in [0.25, 0.3) is 0 Å². The second-order valence-electron chi connectivity index (χ2n) is 5.12. The first-order valence-corrected chi connectivity index (χ1v) is 6.74. The van der Waals surface area contributed by atoms with Crippen molar-refractivity contribution in [2.45, 2.75) is 33.3 Å². The summed E-state index contributed by atoms with van der Waals surface area (Å²) in [4.78, 5) is 22.9. The Kier molecular flexibility index (Phi) is 6.18. The van der Waals surface area contributed by atoms with E-state index < -0.39 is 6.10 Å². The van der Waals surface area contributed by atoms with Gasteiger partial charge >= 0.3 is 6.03 Å². The van der Waals surface area contributed by atoms with E-state index in [1.165, 1.54) is 6.92 Å². The molecule has 2 amide bonds. The molecule has 5 nitrogen and oxygen atoms in total. The largest absolute Gasteiger partial charge is 0.393 e. The maximum absolute atomic E-state index is 11.7. The summed E-state index contributed by atoms with van der Waals surface area (Å²) in [6.45, 7) is 5.74. The molecule has 3 N–H and O–H groups in total. The normalized spacial score (nSPS) is 12.1. The SMILES string of the molecule is CC(=O)c1cccc(NC(=O)NCCC(O)C(C)C)c1. The number of carbonyl (C=O) groups excluding carboxylic acids is 2. The maximum Gasteiger partial charge on any atom is 0.319 e. The number of aliphatic hydroxyl groups is 1. The number of anilines is 1. The van der Waals surface area contributed by atoms with Gasteiger partial charge in [-0.2, -0.15) is 0 Å². The summed E-state index contributed by atoms with van der Waals surface area (Å²) < 4.78 is 0. The molecule has 0 radical (unpaired) electrons. The molecule has 0 aromatic heterocycles. The van der Waals surface area contributed by atoms with E-state index in [9.17, 15) is 14.7 Å². The number of rotatable bonds is 6. The number of Topliss-reactive ketones (excluding diaryl/α,β-unsaturated/α-hetero) is 1. The lowest BCUT2D eigenvalue weighted by molar-refractivity contribution is 0.101. The third-order valence-corrected chi connectivity index (χ3v) is 3.02. The molecule has 0 aliphatic rings. The van der Waals surface area contributed by atoms with Gasteiger partial charge in [-0.25, -0.2) is 4.79 Å². The van der Waals surface area contributed by atoms with Crippen molar-refractivity contribution in [1.29, 1.82) is 0 Å². The molecule has 0 bridgehead atoms. The van der Waals surface area contributed by atoms with E-state index in [1.807, 2.05) is 13.8 Å². The van der Waals surface area contributed by atoms with Crippen LogP contribution in [0.1, 0.15) is 37.6 Å². The summed E-state index contributed by atoms with van der Waals surface area (Å²) in [5.41, 5.74) is 1.12. The molecule has 0 aliphatic carbocycles. The van der Waals surface area contributed by atoms with E-state index in [1.54, 1.807) is 24.3 Å². The van der Waals surface area contributed by atoms with E-state index >= 15 is 0 Å². The fourth-order valence-corrected chi connectivity index (χ4v) is 1.66. The molecule has 0 saturated heterocycles. The van der Waals surface area contributed by atoms with Crippen LogP contribution < -0.4 is 10.6 Å². The van der Waals surface area contributed by atoms with Crippen LogP contribution in [-0.4, -0.2) is 29.6 Å². The summed E-state index contributed by atoms with van der Waals surface area (Å²) in [6.07, 6.45) is 0.0924. The minimum Gasteiger partial charge on any atom is -0.393 e. The number of carbonyl (C=O) groups is 2. The van der Waals surface area contributed by atoms with Crippen LogP contribution in [0.25, 0.3) is 0 Å². The number of benzene rings is 1. The Hall–Kier alpha value is -1.88. The molecular formula is C15H22N2O3. The molecule has 1 aromatic rings. The molecule has 5 heteroatoms. The Labute approximate surface area is 119 Å². The van der Waals surface area contributed by atoms with Crippen LogP contribution in [0.2, 0.25) is 0 Å². The Morgan fingerprint density at radius 2 is 2.00 bits per heavy atom. The molecule has 0 saturated carbocycles. The monoisotopic (exact) mass is 278 g/mol. The number of hydrogen-bond donors (Lipinski definition) is 3. The van der Waals surface area contributed by atoms with Crippen molar-refractivity contribution in [3.05, 3.63) is 29.8 Å². The van der Waals surface area contributed by atoms with Crippen molar-refractivity contribution < 1.29 is 14.7 Å². The highest BCUT2D eigenvalue weighted by molar-refractivity contribution is 5.96. The van der Waals surface area contributed by atoms with Crippen molar-refractivity contribution in [3.8, 4) is 0 Å². The number of ketones is 1. The summed E-state index contributed by atoms with van der Waals surface area (Å²) in [5, 5.41) is 14.9. The van der Waals surface area contributed by atoms with Crippen LogP contribution in [0, 0.1) is 5.92 Å². The Morgan fingerprint density at radius 1 is 1.30 bits per heavy atom. The molecule has 1 aromatic carbocycles. The molecular weight excluding hydrogens is 256 g/mol. The Balaban J connectivity index is 2.43. The highest BCUT2D eigenvalue weighted by Gasteiger charge is 2.09. The van der Waals surface area contributed by atoms with Crippen LogP contribution in [0.5, 0.6) is 0 Å². The van der Waals surface area contributed by atoms with E-state index in [4.69, 9.17) is 0 Å². The molecule has 0 heterocycles. The first-order valence-electron chi connectivity index (χ1n) is 6.74. The summed E-state index contributed by atoms with van der Waals surface area (Å²) >= 11 is 0. The molecule has 1 unspecified atom stereocenters. The standard InChI is InChI=1S/C15H22N2O3/c1-10(2)14(19)7-8-16-15(20)17-13-6-4-5-12(9-13)11(3)18/h4-6,9-10,14,19H,7-8H2,1-3H3,(H2,16,17,20). The van der Waals surface area contributed by atoms with Gasteiger partial charge in [0, 0.05) is 17.8 Å². The third-order valence-electron chi connectivity index (χ3n) is 3.02. The van der Waals surface area contributed by atoms with Gasteiger partial charge in [-0.15, -0.1) is 0 Å².